The lowest BCUT2D eigenvalue weighted by Crippen LogP contribution is -2.05. The van der Waals surface area contributed by atoms with Crippen LogP contribution in [0, 0.1) is 0 Å². The molecule has 0 radical (unpaired) electrons. The maximum atomic E-state index is 12.6. The SMILES string of the molecule is COc1cc(OC)c2cc3n(c2c1)C(=O)c1ccccc1-3. The number of methoxy groups -OCH3 is 2. The van der Waals surface area contributed by atoms with E-state index in [9.17, 15) is 4.79 Å². The first-order valence-corrected chi connectivity index (χ1v) is 6.66. The van der Waals surface area contributed by atoms with Crippen molar-refractivity contribution in [3.05, 3.63) is 48.0 Å². The molecule has 4 rings (SSSR count). The van der Waals surface area contributed by atoms with Gasteiger partial charge in [-0.2, -0.15) is 0 Å². The molecule has 4 heteroatoms. The van der Waals surface area contributed by atoms with Crippen LogP contribution < -0.4 is 9.47 Å². The summed E-state index contributed by atoms with van der Waals surface area (Å²) < 4.78 is 12.5. The van der Waals surface area contributed by atoms with E-state index in [4.69, 9.17) is 9.47 Å². The number of nitrogens with zero attached hydrogens (tertiary/aromatic N) is 1. The predicted octanol–water partition coefficient (Wildman–Crippen LogP) is 3.33. The molecule has 0 spiro atoms. The molecule has 0 amide bonds. The Hall–Kier alpha value is -2.75. The van der Waals surface area contributed by atoms with Crippen LogP contribution in [0.5, 0.6) is 11.5 Å². The van der Waals surface area contributed by atoms with Crippen LogP contribution in [-0.4, -0.2) is 24.7 Å². The molecular weight excluding hydrogens is 266 g/mol. The summed E-state index contributed by atoms with van der Waals surface area (Å²) >= 11 is 0. The molecule has 1 aromatic heterocycles. The highest BCUT2D eigenvalue weighted by Crippen LogP contribution is 2.41. The molecule has 2 aromatic carbocycles. The van der Waals surface area contributed by atoms with Crippen LogP contribution in [0.2, 0.25) is 0 Å². The standard InChI is InChI=1S/C17H13NO3/c1-20-10-7-14-13(16(8-10)21-2)9-15-11-5-3-4-6-12(11)17(19)18(14)15/h3-9H,1-2H3. The van der Waals surface area contributed by atoms with Gasteiger partial charge >= 0.3 is 0 Å². The first kappa shape index (κ1) is 12.0. The topological polar surface area (TPSA) is 40.5 Å². The molecule has 3 aromatic rings. The Morgan fingerprint density at radius 2 is 1.71 bits per heavy atom. The molecule has 1 aliphatic heterocycles. The Morgan fingerprint density at radius 3 is 2.43 bits per heavy atom. The highest BCUT2D eigenvalue weighted by atomic mass is 16.5. The Labute approximate surface area is 121 Å². The summed E-state index contributed by atoms with van der Waals surface area (Å²) in [5.41, 5.74) is 3.40. The van der Waals surface area contributed by atoms with E-state index in [-0.39, 0.29) is 5.91 Å². The minimum absolute atomic E-state index is 0.00842. The van der Waals surface area contributed by atoms with Gasteiger partial charge in [0.05, 0.1) is 25.4 Å². The fourth-order valence-corrected chi connectivity index (χ4v) is 2.97. The first-order chi connectivity index (χ1) is 10.2. The number of ether oxygens (including phenoxy) is 2. The van der Waals surface area contributed by atoms with Crippen molar-refractivity contribution in [2.45, 2.75) is 0 Å². The summed E-state index contributed by atoms with van der Waals surface area (Å²) in [4.78, 5) is 12.6. The lowest BCUT2D eigenvalue weighted by atomic mass is 10.1. The monoisotopic (exact) mass is 279 g/mol. The predicted molar refractivity (Wildman–Crippen MR) is 80.2 cm³/mol. The molecule has 0 fully saturated rings. The number of hydrogen-bond acceptors (Lipinski definition) is 3. The molecule has 1 aliphatic rings. The molecule has 0 saturated carbocycles. The zero-order valence-corrected chi connectivity index (χ0v) is 11.7. The minimum atomic E-state index is -0.00842. The zero-order chi connectivity index (χ0) is 14.6. The van der Waals surface area contributed by atoms with E-state index in [1.807, 2.05) is 42.5 Å². The molecule has 0 bridgehead atoms. The summed E-state index contributed by atoms with van der Waals surface area (Å²) in [6.45, 7) is 0. The van der Waals surface area contributed by atoms with E-state index in [0.29, 0.717) is 11.5 Å². The average molecular weight is 279 g/mol. The van der Waals surface area contributed by atoms with Crippen molar-refractivity contribution in [3.8, 4) is 22.8 Å². The summed E-state index contributed by atoms with van der Waals surface area (Å²) in [6.07, 6.45) is 0. The Balaban J connectivity index is 2.11. The van der Waals surface area contributed by atoms with Crippen LogP contribution >= 0.6 is 0 Å². The van der Waals surface area contributed by atoms with Crippen molar-refractivity contribution in [1.82, 2.24) is 4.57 Å². The molecule has 0 N–H and O–H groups in total. The Kier molecular flexibility index (Phi) is 2.36. The number of aromatic nitrogens is 1. The van der Waals surface area contributed by atoms with Gasteiger partial charge in [0.2, 0.25) is 0 Å². The smallest absolute Gasteiger partial charge is 0.263 e. The van der Waals surface area contributed by atoms with Gasteiger partial charge in [-0.3, -0.25) is 9.36 Å². The summed E-state index contributed by atoms with van der Waals surface area (Å²) in [6, 6.07) is 13.3. The van der Waals surface area contributed by atoms with Crippen LogP contribution in [0.15, 0.2) is 42.5 Å². The highest BCUT2D eigenvalue weighted by Gasteiger charge is 2.29. The largest absolute Gasteiger partial charge is 0.497 e. The number of rotatable bonds is 2. The van der Waals surface area contributed by atoms with Crippen molar-refractivity contribution in [3.63, 3.8) is 0 Å². The number of fused-ring (bicyclic) bond motifs is 5. The second kappa shape index (κ2) is 4.12. The van der Waals surface area contributed by atoms with Crippen molar-refractivity contribution < 1.29 is 14.3 Å². The number of hydrogen-bond donors (Lipinski definition) is 0. The van der Waals surface area contributed by atoms with Crippen LogP contribution in [0.25, 0.3) is 22.2 Å². The third-order valence-electron chi connectivity index (χ3n) is 3.95. The van der Waals surface area contributed by atoms with Gasteiger partial charge in [0.1, 0.15) is 11.5 Å². The quantitative estimate of drug-likeness (QED) is 0.565. The lowest BCUT2D eigenvalue weighted by Gasteiger charge is -2.07. The third-order valence-corrected chi connectivity index (χ3v) is 3.95. The molecular formula is C17H13NO3. The van der Waals surface area contributed by atoms with Gasteiger partial charge in [-0.15, -0.1) is 0 Å². The summed E-state index contributed by atoms with van der Waals surface area (Å²) in [5, 5.41) is 0.913. The zero-order valence-electron chi connectivity index (χ0n) is 11.7. The van der Waals surface area contributed by atoms with Gasteiger partial charge in [0.25, 0.3) is 5.91 Å². The fraction of sp³-hybridized carbons (Fsp3) is 0.118. The first-order valence-electron chi connectivity index (χ1n) is 6.66. The molecule has 21 heavy (non-hydrogen) atoms. The van der Waals surface area contributed by atoms with Gasteiger partial charge in [-0.25, -0.2) is 0 Å². The van der Waals surface area contributed by atoms with Crippen LogP contribution in [-0.2, 0) is 0 Å². The van der Waals surface area contributed by atoms with E-state index < -0.39 is 0 Å². The normalized spacial score (nSPS) is 12.4. The van der Waals surface area contributed by atoms with Crippen molar-refractivity contribution in [1.29, 1.82) is 0 Å². The van der Waals surface area contributed by atoms with E-state index in [2.05, 4.69) is 0 Å². The van der Waals surface area contributed by atoms with Crippen molar-refractivity contribution >= 4 is 16.8 Å². The van der Waals surface area contributed by atoms with Gasteiger partial charge in [0.15, 0.2) is 0 Å². The van der Waals surface area contributed by atoms with E-state index in [0.717, 1.165) is 27.7 Å². The molecule has 0 aliphatic carbocycles. The van der Waals surface area contributed by atoms with Crippen molar-refractivity contribution in [2.75, 3.05) is 14.2 Å². The second-order valence-corrected chi connectivity index (χ2v) is 4.98. The summed E-state index contributed by atoms with van der Waals surface area (Å²) in [5.74, 6) is 1.37. The van der Waals surface area contributed by atoms with Crippen LogP contribution in [0.4, 0.5) is 0 Å². The number of benzene rings is 2. The Bertz CT molecular complexity index is 892. The van der Waals surface area contributed by atoms with E-state index in [1.165, 1.54) is 0 Å². The molecule has 0 saturated heterocycles. The van der Waals surface area contributed by atoms with E-state index >= 15 is 0 Å². The minimum Gasteiger partial charge on any atom is -0.497 e. The average Bonchev–Trinajstić information content (AvgIpc) is 3.03. The maximum absolute atomic E-state index is 12.6. The van der Waals surface area contributed by atoms with Gasteiger partial charge in [-0.05, 0) is 12.1 Å². The maximum Gasteiger partial charge on any atom is 0.263 e. The Morgan fingerprint density at radius 1 is 0.952 bits per heavy atom. The molecule has 0 atom stereocenters. The number of carbonyl (C=O) groups is 1. The van der Waals surface area contributed by atoms with Crippen LogP contribution in [0.1, 0.15) is 10.4 Å². The fourth-order valence-electron chi connectivity index (χ4n) is 2.97. The molecule has 2 heterocycles. The highest BCUT2D eigenvalue weighted by molar-refractivity contribution is 6.15. The third kappa shape index (κ3) is 1.47. The lowest BCUT2D eigenvalue weighted by molar-refractivity contribution is 0.0973. The van der Waals surface area contributed by atoms with Crippen LogP contribution in [0.3, 0.4) is 0 Å². The van der Waals surface area contributed by atoms with Crippen molar-refractivity contribution in [2.24, 2.45) is 0 Å². The van der Waals surface area contributed by atoms with E-state index in [1.54, 1.807) is 18.8 Å². The van der Waals surface area contributed by atoms with Gasteiger partial charge < -0.3 is 9.47 Å². The van der Waals surface area contributed by atoms with Gasteiger partial charge in [-0.1, -0.05) is 18.2 Å². The van der Waals surface area contributed by atoms with Gasteiger partial charge in [0, 0.05) is 28.6 Å². The summed E-state index contributed by atoms with van der Waals surface area (Å²) in [7, 11) is 3.22. The molecule has 104 valence electrons. The number of carbonyl (C=O) groups excluding carboxylic acids is 1. The second-order valence-electron chi connectivity index (χ2n) is 4.98. The molecule has 4 nitrogen and oxygen atoms in total. The molecule has 0 unspecified atom stereocenters.